The molecule has 0 radical (unpaired) electrons. The predicted octanol–water partition coefficient (Wildman–Crippen LogP) is 4.15. The molecule has 1 saturated carbocycles. The van der Waals surface area contributed by atoms with Gasteiger partial charge in [0.2, 0.25) is 0 Å². The van der Waals surface area contributed by atoms with Crippen molar-refractivity contribution in [2.45, 2.75) is 44.6 Å². The van der Waals surface area contributed by atoms with Crippen LogP contribution in [0.15, 0.2) is 12.1 Å². The lowest BCUT2D eigenvalue weighted by atomic mass is 10.1. The predicted molar refractivity (Wildman–Crippen MR) is 88.1 cm³/mol. The van der Waals surface area contributed by atoms with Crippen LogP contribution < -0.4 is 9.47 Å². The molecule has 0 aliphatic heterocycles. The van der Waals surface area contributed by atoms with Crippen molar-refractivity contribution in [3.05, 3.63) is 22.7 Å². The SMILES string of the molecule is COc1cc(C(=O)N(C)C2CCCCCC2)cc(Cl)c1OC. The van der Waals surface area contributed by atoms with Crippen molar-refractivity contribution in [3.8, 4) is 11.5 Å². The first kappa shape index (κ1) is 16.9. The quantitative estimate of drug-likeness (QED) is 0.780. The van der Waals surface area contributed by atoms with E-state index in [1.54, 1.807) is 12.1 Å². The number of halogens is 1. The number of nitrogens with zero attached hydrogens (tertiary/aromatic N) is 1. The van der Waals surface area contributed by atoms with Gasteiger partial charge >= 0.3 is 0 Å². The van der Waals surface area contributed by atoms with Crippen LogP contribution in [0, 0.1) is 0 Å². The summed E-state index contributed by atoms with van der Waals surface area (Å²) in [4.78, 5) is 14.6. The highest BCUT2D eigenvalue weighted by Crippen LogP contribution is 2.36. The second-order valence-corrected chi connectivity index (χ2v) is 6.16. The Balaban J connectivity index is 2.22. The summed E-state index contributed by atoms with van der Waals surface area (Å²) in [6.45, 7) is 0. The van der Waals surface area contributed by atoms with E-state index in [0.29, 0.717) is 28.1 Å². The molecule has 4 nitrogen and oxygen atoms in total. The van der Waals surface area contributed by atoms with Gasteiger partial charge in [-0.1, -0.05) is 37.3 Å². The Labute approximate surface area is 137 Å². The van der Waals surface area contributed by atoms with E-state index in [4.69, 9.17) is 21.1 Å². The van der Waals surface area contributed by atoms with Crippen LogP contribution in [0.4, 0.5) is 0 Å². The average molecular weight is 326 g/mol. The molecule has 22 heavy (non-hydrogen) atoms. The monoisotopic (exact) mass is 325 g/mol. The number of ether oxygens (including phenoxy) is 2. The van der Waals surface area contributed by atoms with Crippen LogP contribution >= 0.6 is 11.6 Å². The van der Waals surface area contributed by atoms with Gasteiger partial charge in [0.25, 0.3) is 5.91 Å². The van der Waals surface area contributed by atoms with Crippen molar-refractivity contribution < 1.29 is 14.3 Å². The van der Waals surface area contributed by atoms with Crippen LogP contribution in [0.5, 0.6) is 11.5 Å². The normalized spacial score (nSPS) is 16.0. The molecular formula is C17H24ClNO3. The Morgan fingerprint density at radius 3 is 2.32 bits per heavy atom. The molecule has 1 fully saturated rings. The number of hydrogen-bond donors (Lipinski definition) is 0. The zero-order valence-electron chi connectivity index (χ0n) is 13.5. The fraction of sp³-hybridized carbons (Fsp3) is 0.588. The van der Waals surface area contributed by atoms with Crippen LogP contribution in [0.3, 0.4) is 0 Å². The van der Waals surface area contributed by atoms with Gasteiger partial charge in [0.15, 0.2) is 11.5 Å². The Bertz CT molecular complexity index is 525. The lowest BCUT2D eigenvalue weighted by Crippen LogP contribution is -2.36. The molecule has 0 atom stereocenters. The number of methoxy groups -OCH3 is 2. The summed E-state index contributed by atoms with van der Waals surface area (Å²) in [5, 5.41) is 0.388. The van der Waals surface area contributed by atoms with E-state index in [0.717, 1.165) is 12.8 Å². The van der Waals surface area contributed by atoms with Gasteiger partial charge in [-0.3, -0.25) is 4.79 Å². The van der Waals surface area contributed by atoms with Crippen molar-refractivity contribution in [1.29, 1.82) is 0 Å². The summed E-state index contributed by atoms with van der Waals surface area (Å²) < 4.78 is 10.5. The molecule has 0 unspecified atom stereocenters. The summed E-state index contributed by atoms with van der Waals surface area (Å²) in [5.41, 5.74) is 0.536. The third-order valence-electron chi connectivity index (χ3n) is 4.37. The Morgan fingerprint density at radius 2 is 1.77 bits per heavy atom. The lowest BCUT2D eigenvalue weighted by molar-refractivity contribution is 0.0717. The highest BCUT2D eigenvalue weighted by Gasteiger charge is 2.24. The summed E-state index contributed by atoms with van der Waals surface area (Å²) in [6, 6.07) is 3.65. The van der Waals surface area contributed by atoms with Crippen LogP contribution in [0.25, 0.3) is 0 Å². The minimum Gasteiger partial charge on any atom is -0.493 e. The number of carbonyl (C=O) groups excluding carboxylic acids is 1. The van der Waals surface area contributed by atoms with Gasteiger partial charge in [0.1, 0.15) is 0 Å². The topological polar surface area (TPSA) is 38.8 Å². The summed E-state index contributed by atoms with van der Waals surface area (Å²) in [7, 11) is 4.95. The second-order valence-electron chi connectivity index (χ2n) is 5.76. The maximum Gasteiger partial charge on any atom is 0.254 e. The standard InChI is InChI=1S/C17H24ClNO3/c1-19(13-8-6-4-5-7-9-13)17(20)12-10-14(18)16(22-3)15(11-12)21-2/h10-11,13H,4-9H2,1-3H3. The summed E-state index contributed by atoms with van der Waals surface area (Å²) in [5.74, 6) is 0.917. The lowest BCUT2D eigenvalue weighted by Gasteiger charge is -2.27. The highest BCUT2D eigenvalue weighted by molar-refractivity contribution is 6.32. The molecule has 1 aromatic carbocycles. The molecule has 0 saturated heterocycles. The summed E-state index contributed by atoms with van der Waals surface area (Å²) >= 11 is 6.20. The molecule has 1 aliphatic rings. The first-order valence-corrected chi connectivity index (χ1v) is 8.15. The number of rotatable bonds is 4. The van der Waals surface area contributed by atoms with Gasteiger partial charge in [-0.25, -0.2) is 0 Å². The van der Waals surface area contributed by atoms with Crippen LogP contribution in [-0.2, 0) is 0 Å². The smallest absolute Gasteiger partial charge is 0.254 e. The molecule has 0 spiro atoms. The van der Waals surface area contributed by atoms with E-state index in [2.05, 4.69) is 0 Å². The molecule has 0 aromatic heterocycles. The minimum atomic E-state index is -0.0187. The third kappa shape index (κ3) is 3.67. The van der Waals surface area contributed by atoms with Gasteiger partial charge in [0, 0.05) is 18.7 Å². The van der Waals surface area contributed by atoms with E-state index < -0.39 is 0 Å². The van der Waals surface area contributed by atoms with Gasteiger partial charge in [0.05, 0.1) is 19.2 Å². The fourth-order valence-electron chi connectivity index (χ4n) is 3.06. The molecule has 5 heteroatoms. The molecule has 122 valence electrons. The van der Waals surface area contributed by atoms with Crippen LogP contribution in [0.1, 0.15) is 48.9 Å². The molecule has 0 heterocycles. The zero-order chi connectivity index (χ0) is 16.1. The van der Waals surface area contributed by atoms with Crippen molar-refractivity contribution >= 4 is 17.5 Å². The minimum absolute atomic E-state index is 0.0187. The van der Waals surface area contributed by atoms with Crippen molar-refractivity contribution in [2.75, 3.05) is 21.3 Å². The largest absolute Gasteiger partial charge is 0.493 e. The van der Waals surface area contributed by atoms with E-state index in [-0.39, 0.29) is 5.91 Å². The van der Waals surface area contributed by atoms with Crippen LogP contribution in [0.2, 0.25) is 5.02 Å². The molecule has 2 rings (SSSR count). The van der Waals surface area contributed by atoms with E-state index in [9.17, 15) is 4.79 Å². The molecule has 1 aliphatic carbocycles. The zero-order valence-corrected chi connectivity index (χ0v) is 14.3. The van der Waals surface area contributed by atoms with E-state index in [1.165, 1.54) is 39.9 Å². The number of benzene rings is 1. The number of carbonyl (C=O) groups is 1. The van der Waals surface area contributed by atoms with E-state index >= 15 is 0 Å². The Hall–Kier alpha value is -1.42. The van der Waals surface area contributed by atoms with Crippen molar-refractivity contribution in [1.82, 2.24) is 4.90 Å². The van der Waals surface area contributed by atoms with E-state index in [1.807, 2.05) is 11.9 Å². The molecule has 0 bridgehead atoms. The number of amides is 1. The number of hydrogen-bond acceptors (Lipinski definition) is 3. The first-order chi connectivity index (χ1) is 10.6. The first-order valence-electron chi connectivity index (χ1n) is 7.77. The Morgan fingerprint density at radius 1 is 1.14 bits per heavy atom. The third-order valence-corrected chi connectivity index (χ3v) is 4.65. The van der Waals surface area contributed by atoms with Gasteiger partial charge in [-0.15, -0.1) is 0 Å². The maximum absolute atomic E-state index is 12.7. The van der Waals surface area contributed by atoms with Crippen molar-refractivity contribution in [3.63, 3.8) is 0 Å². The van der Waals surface area contributed by atoms with Crippen molar-refractivity contribution in [2.24, 2.45) is 0 Å². The maximum atomic E-state index is 12.7. The molecule has 1 aromatic rings. The molecule has 1 amide bonds. The second kappa shape index (κ2) is 7.73. The molecular weight excluding hydrogens is 302 g/mol. The molecule has 0 N–H and O–H groups in total. The average Bonchev–Trinajstić information content (AvgIpc) is 2.81. The van der Waals surface area contributed by atoms with Crippen LogP contribution in [-0.4, -0.2) is 38.1 Å². The Kier molecular flexibility index (Phi) is 5.95. The van der Waals surface area contributed by atoms with Gasteiger partial charge < -0.3 is 14.4 Å². The highest BCUT2D eigenvalue weighted by atomic mass is 35.5. The fourth-order valence-corrected chi connectivity index (χ4v) is 3.34. The van der Waals surface area contributed by atoms with Gasteiger partial charge in [-0.05, 0) is 25.0 Å². The van der Waals surface area contributed by atoms with Gasteiger partial charge in [-0.2, -0.15) is 0 Å². The summed E-state index contributed by atoms with van der Waals surface area (Å²) in [6.07, 6.45) is 7.05.